The number of benzene rings is 3. The molecular weight excluding hydrogens is 483 g/mol. The van der Waals surface area contributed by atoms with Crippen molar-refractivity contribution in [3.05, 3.63) is 98.9 Å². The average molecular weight is 503 g/mol. The summed E-state index contributed by atoms with van der Waals surface area (Å²) >= 11 is 12.3. The molecule has 1 aliphatic rings. The van der Waals surface area contributed by atoms with Crippen molar-refractivity contribution in [2.75, 3.05) is 24.5 Å². The number of ether oxygens (including phenoxy) is 1. The zero-order valence-electron chi connectivity index (χ0n) is 17.6. The number of para-hydroxylation sites is 1. The van der Waals surface area contributed by atoms with Crippen LogP contribution in [0.1, 0.15) is 11.1 Å². The highest BCUT2D eigenvalue weighted by molar-refractivity contribution is 7.97. The van der Waals surface area contributed by atoms with Crippen molar-refractivity contribution >= 4 is 50.4 Å². The Balaban J connectivity index is 1.70. The topological polar surface area (TPSA) is 75.7 Å². The van der Waals surface area contributed by atoms with E-state index in [1.807, 2.05) is 6.07 Å². The SMILES string of the molecule is CN1c2ccc(Cl)cc2C(c2ccccc2)=C(C(=O)NCCOc2ccccc2Cl)S1(=O)=O. The first-order valence-corrected chi connectivity index (χ1v) is 12.2. The van der Waals surface area contributed by atoms with Gasteiger partial charge in [0.05, 0.1) is 17.3 Å². The molecule has 0 saturated heterocycles. The number of halogens is 2. The van der Waals surface area contributed by atoms with Crippen LogP contribution in [0.2, 0.25) is 10.0 Å². The van der Waals surface area contributed by atoms with Gasteiger partial charge in [-0.15, -0.1) is 0 Å². The first kappa shape index (κ1) is 23.2. The number of nitrogens with one attached hydrogen (secondary N) is 1. The van der Waals surface area contributed by atoms with Crippen LogP contribution in [0.15, 0.2) is 77.7 Å². The lowest BCUT2D eigenvalue weighted by Crippen LogP contribution is -2.40. The van der Waals surface area contributed by atoms with Crippen LogP contribution in [0, 0.1) is 0 Å². The number of hydrogen-bond acceptors (Lipinski definition) is 4. The Bertz CT molecular complexity index is 1340. The fourth-order valence-corrected chi connectivity index (χ4v) is 5.44. The molecule has 0 unspecified atom stereocenters. The van der Waals surface area contributed by atoms with E-state index in [0.717, 1.165) is 4.31 Å². The number of nitrogens with zero attached hydrogens (tertiary/aromatic N) is 1. The third kappa shape index (κ3) is 4.57. The number of anilines is 1. The lowest BCUT2D eigenvalue weighted by atomic mass is 9.95. The van der Waals surface area contributed by atoms with E-state index in [1.165, 1.54) is 7.05 Å². The fraction of sp³-hybridized carbons (Fsp3) is 0.125. The summed E-state index contributed by atoms with van der Waals surface area (Å²) in [4.78, 5) is 12.9. The van der Waals surface area contributed by atoms with Crippen LogP contribution >= 0.6 is 23.2 Å². The van der Waals surface area contributed by atoms with E-state index in [1.54, 1.807) is 66.7 Å². The van der Waals surface area contributed by atoms with Crippen LogP contribution in [0.3, 0.4) is 0 Å². The van der Waals surface area contributed by atoms with E-state index in [9.17, 15) is 13.2 Å². The molecule has 9 heteroatoms. The Labute approximate surface area is 202 Å². The zero-order valence-corrected chi connectivity index (χ0v) is 19.9. The molecule has 4 rings (SSSR count). The molecule has 0 atom stereocenters. The standard InChI is InChI=1S/C24H20Cl2N2O4S/c1-28-20-12-11-17(25)15-18(20)22(16-7-3-2-4-8-16)23(33(28,30)31)24(29)27-13-14-32-21-10-6-5-9-19(21)26/h2-12,15H,13-14H2,1H3,(H,27,29). The minimum absolute atomic E-state index is 0.0806. The summed E-state index contributed by atoms with van der Waals surface area (Å²) in [5, 5.41) is 3.54. The van der Waals surface area contributed by atoms with Crippen molar-refractivity contribution < 1.29 is 17.9 Å². The minimum atomic E-state index is -4.13. The molecule has 1 heterocycles. The Kier molecular flexibility index (Phi) is 6.65. The molecule has 3 aromatic rings. The molecule has 0 bridgehead atoms. The van der Waals surface area contributed by atoms with E-state index in [2.05, 4.69) is 5.32 Å². The molecule has 3 aromatic carbocycles. The molecular formula is C24H20Cl2N2O4S. The monoisotopic (exact) mass is 502 g/mol. The van der Waals surface area contributed by atoms with Crippen molar-refractivity contribution in [2.24, 2.45) is 0 Å². The first-order chi connectivity index (χ1) is 15.8. The van der Waals surface area contributed by atoms with Crippen LogP contribution in [-0.4, -0.2) is 34.5 Å². The van der Waals surface area contributed by atoms with Gasteiger partial charge in [0.15, 0.2) is 4.91 Å². The first-order valence-electron chi connectivity index (χ1n) is 10.0. The molecule has 1 aliphatic heterocycles. The number of hydrogen-bond donors (Lipinski definition) is 1. The maximum absolute atomic E-state index is 13.4. The van der Waals surface area contributed by atoms with Crippen LogP contribution in [0.5, 0.6) is 5.75 Å². The average Bonchev–Trinajstić information content (AvgIpc) is 2.80. The normalized spacial score (nSPS) is 14.6. The highest BCUT2D eigenvalue weighted by atomic mass is 35.5. The largest absolute Gasteiger partial charge is 0.490 e. The Morgan fingerprint density at radius 3 is 2.42 bits per heavy atom. The number of carbonyl (C=O) groups excluding carboxylic acids is 1. The molecule has 0 aromatic heterocycles. The number of carbonyl (C=O) groups is 1. The van der Waals surface area contributed by atoms with Gasteiger partial charge in [-0.3, -0.25) is 9.10 Å². The van der Waals surface area contributed by atoms with Gasteiger partial charge in [-0.2, -0.15) is 0 Å². The minimum Gasteiger partial charge on any atom is -0.490 e. The molecule has 0 spiro atoms. The second-order valence-corrected chi connectivity index (χ2v) is 9.99. The van der Waals surface area contributed by atoms with Crippen LogP contribution in [0.25, 0.3) is 5.57 Å². The van der Waals surface area contributed by atoms with Crippen molar-refractivity contribution in [3.8, 4) is 5.75 Å². The van der Waals surface area contributed by atoms with Crippen LogP contribution in [0.4, 0.5) is 5.69 Å². The Hall–Kier alpha value is -3.00. The van der Waals surface area contributed by atoms with Crippen molar-refractivity contribution in [2.45, 2.75) is 0 Å². The smallest absolute Gasteiger partial charge is 0.270 e. The van der Waals surface area contributed by atoms with Gasteiger partial charge < -0.3 is 10.1 Å². The molecule has 0 radical (unpaired) electrons. The summed E-state index contributed by atoms with van der Waals surface area (Å²) in [6, 6.07) is 20.8. The Morgan fingerprint density at radius 2 is 1.70 bits per heavy atom. The van der Waals surface area contributed by atoms with Gasteiger partial charge in [0, 0.05) is 23.2 Å². The van der Waals surface area contributed by atoms with Gasteiger partial charge in [0.1, 0.15) is 12.4 Å². The van der Waals surface area contributed by atoms with E-state index in [-0.39, 0.29) is 18.1 Å². The molecule has 170 valence electrons. The van der Waals surface area contributed by atoms with Gasteiger partial charge in [-0.25, -0.2) is 8.42 Å². The second kappa shape index (κ2) is 9.47. The highest BCUT2D eigenvalue weighted by Gasteiger charge is 2.39. The summed E-state index contributed by atoms with van der Waals surface area (Å²) in [5.41, 5.74) is 1.89. The Morgan fingerprint density at radius 1 is 1.00 bits per heavy atom. The van der Waals surface area contributed by atoms with Gasteiger partial charge >= 0.3 is 0 Å². The van der Waals surface area contributed by atoms with Gasteiger partial charge in [0.2, 0.25) is 0 Å². The summed E-state index contributed by atoms with van der Waals surface area (Å²) < 4.78 is 33.5. The fourth-order valence-electron chi connectivity index (χ4n) is 3.59. The third-order valence-corrected chi connectivity index (χ3v) is 7.53. The quantitative estimate of drug-likeness (QED) is 0.494. The van der Waals surface area contributed by atoms with E-state index < -0.39 is 15.9 Å². The van der Waals surface area contributed by atoms with Crippen LogP contribution < -0.4 is 14.4 Å². The van der Waals surface area contributed by atoms with Gasteiger partial charge in [0.25, 0.3) is 15.9 Å². The van der Waals surface area contributed by atoms with Gasteiger partial charge in [-0.1, -0.05) is 65.7 Å². The molecule has 1 N–H and O–H groups in total. The van der Waals surface area contributed by atoms with Crippen LogP contribution in [-0.2, 0) is 14.8 Å². The predicted octanol–water partition coefficient (Wildman–Crippen LogP) is 4.73. The second-order valence-electron chi connectivity index (χ2n) is 7.24. The summed E-state index contributed by atoms with van der Waals surface area (Å²) in [5.74, 6) is -0.250. The highest BCUT2D eigenvalue weighted by Crippen LogP contribution is 2.43. The summed E-state index contributed by atoms with van der Waals surface area (Å²) in [7, 11) is -2.71. The molecule has 33 heavy (non-hydrogen) atoms. The lowest BCUT2D eigenvalue weighted by Gasteiger charge is -2.31. The van der Waals surface area contributed by atoms with Crippen molar-refractivity contribution in [1.29, 1.82) is 0 Å². The van der Waals surface area contributed by atoms with E-state index >= 15 is 0 Å². The van der Waals surface area contributed by atoms with E-state index in [0.29, 0.717) is 38.2 Å². The number of amides is 1. The molecule has 0 fully saturated rings. The number of fused-ring (bicyclic) bond motifs is 1. The lowest BCUT2D eigenvalue weighted by molar-refractivity contribution is -0.116. The maximum atomic E-state index is 13.4. The van der Waals surface area contributed by atoms with E-state index in [4.69, 9.17) is 27.9 Å². The summed E-state index contributed by atoms with van der Waals surface area (Å²) in [6.45, 7) is 0.193. The van der Waals surface area contributed by atoms with Crippen molar-refractivity contribution in [1.82, 2.24) is 5.32 Å². The predicted molar refractivity (Wildman–Crippen MR) is 131 cm³/mol. The molecule has 1 amide bonds. The van der Waals surface area contributed by atoms with Crippen molar-refractivity contribution in [3.63, 3.8) is 0 Å². The number of rotatable bonds is 6. The zero-order chi connectivity index (χ0) is 23.6. The maximum Gasteiger partial charge on any atom is 0.270 e. The molecule has 0 saturated carbocycles. The molecule has 0 aliphatic carbocycles. The summed E-state index contributed by atoms with van der Waals surface area (Å²) in [6.07, 6.45) is 0. The third-order valence-electron chi connectivity index (χ3n) is 5.16. The number of sulfonamides is 1. The molecule has 6 nitrogen and oxygen atoms in total. The van der Waals surface area contributed by atoms with Gasteiger partial charge in [-0.05, 0) is 35.9 Å².